The lowest BCUT2D eigenvalue weighted by Gasteiger charge is -2.07. The second-order valence-electron chi connectivity index (χ2n) is 7.17. The topological polar surface area (TPSA) is 55.4 Å². The Balaban J connectivity index is 1.28. The zero-order valence-electron chi connectivity index (χ0n) is 19.3. The first-order valence-corrected chi connectivity index (χ1v) is 11.1. The van der Waals surface area contributed by atoms with Crippen LogP contribution in [-0.2, 0) is 18.9 Å². The first-order valence-electron chi connectivity index (χ1n) is 11.1. The van der Waals surface area contributed by atoms with Crippen LogP contribution in [0.25, 0.3) is 0 Å². The Morgan fingerprint density at radius 3 is 1.22 bits per heavy atom. The van der Waals surface area contributed by atoms with Crippen molar-refractivity contribution in [2.45, 2.75) is 13.8 Å². The number of hydrogen-bond acceptors (Lipinski definition) is 6. The standard InChI is InChI=1S/C26H36O6/c1-23-5-9-25(10-6-23)31-21-19-29-17-15-27-13-3-4-14-28-16-18-30-20-22-32-26-11-7-24(2)8-12-26/h3-12H,13-22H2,1-2H3/b4-3-. The molecule has 6 nitrogen and oxygen atoms in total. The summed E-state index contributed by atoms with van der Waals surface area (Å²) in [5.41, 5.74) is 2.44. The van der Waals surface area contributed by atoms with Crippen LogP contribution < -0.4 is 9.47 Å². The van der Waals surface area contributed by atoms with Gasteiger partial charge in [-0.15, -0.1) is 0 Å². The van der Waals surface area contributed by atoms with Crippen molar-refractivity contribution in [1.29, 1.82) is 0 Å². The van der Waals surface area contributed by atoms with Gasteiger partial charge in [0.05, 0.1) is 52.9 Å². The summed E-state index contributed by atoms with van der Waals surface area (Å²) < 4.78 is 33.1. The van der Waals surface area contributed by atoms with Crippen molar-refractivity contribution in [3.63, 3.8) is 0 Å². The molecule has 0 heterocycles. The Morgan fingerprint density at radius 2 is 0.812 bits per heavy atom. The smallest absolute Gasteiger partial charge is 0.119 e. The third-order valence-electron chi connectivity index (χ3n) is 4.37. The molecule has 0 radical (unpaired) electrons. The van der Waals surface area contributed by atoms with Crippen LogP contribution >= 0.6 is 0 Å². The minimum Gasteiger partial charge on any atom is -0.491 e. The molecule has 0 N–H and O–H groups in total. The van der Waals surface area contributed by atoms with Crippen molar-refractivity contribution in [3.05, 3.63) is 71.8 Å². The summed E-state index contributed by atoms with van der Waals surface area (Å²) >= 11 is 0. The maximum Gasteiger partial charge on any atom is 0.119 e. The molecule has 0 aliphatic heterocycles. The van der Waals surface area contributed by atoms with E-state index in [0.717, 1.165) is 11.5 Å². The average molecular weight is 445 g/mol. The maximum atomic E-state index is 5.60. The van der Waals surface area contributed by atoms with Crippen LogP contribution in [0.4, 0.5) is 0 Å². The Bertz CT molecular complexity index is 663. The molecule has 176 valence electrons. The summed E-state index contributed by atoms with van der Waals surface area (Å²) in [4.78, 5) is 0. The molecule has 2 aromatic rings. The molecule has 0 aliphatic carbocycles. The van der Waals surface area contributed by atoms with Gasteiger partial charge in [-0.25, -0.2) is 0 Å². The highest BCUT2D eigenvalue weighted by Crippen LogP contribution is 2.11. The molecular weight excluding hydrogens is 408 g/mol. The molecular formula is C26H36O6. The van der Waals surface area contributed by atoms with E-state index in [4.69, 9.17) is 28.4 Å². The van der Waals surface area contributed by atoms with E-state index in [0.29, 0.717) is 66.1 Å². The van der Waals surface area contributed by atoms with Gasteiger partial charge in [-0.2, -0.15) is 0 Å². The minimum atomic E-state index is 0.532. The van der Waals surface area contributed by atoms with Crippen LogP contribution in [0.2, 0.25) is 0 Å². The van der Waals surface area contributed by atoms with Crippen LogP contribution in [0.3, 0.4) is 0 Å². The predicted octanol–water partition coefficient (Wildman–Crippen LogP) is 4.38. The predicted molar refractivity (Wildman–Crippen MR) is 126 cm³/mol. The fraction of sp³-hybridized carbons (Fsp3) is 0.462. The lowest BCUT2D eigenvalue weighted by atomic mass is 10.2. The number of rotatable bonds is 18. The number of aryl methyl sites for hydroxylation is 2. The van der Waals surface area contributed by atoms with Gasteiger partial charge >= 0.3 is 0 Å². The lowest BCUT2D eigenvalue weighted by Crippen LogP contribution is -2.11. The summed E-state index contributed by atoms with van der Waals surface area (Å²) in [6.07, 6.45) is 3.88. The Morgan fingerprint density at radius 1 is 0.469 bits per heavy atom. The van der Waals surface area contributed by atoms with Crippen molar-refractivity contribution < 1.29 is 28.4 Å². The van der Waals surface area contributed by atoms with E-state index in [1.165, 1.54) is 11.1 Å². The third kappa shape index (κ3) is 13.1. The lowest BCUT2D eigenvalue weighted by molar-refractivity contribution is 0.0424. The van der Waals surface area contributed by atoms with Crippen molar-refractivity contribution in [2.24, 2.45) is 0 Å². The molecule has 2 rings (SSSR count). The van der Waals surface area contributed by atoms with E-state index < -0.39 is 0 Å². The number of benzene rings is 2. The zero-order chi connectivity index (χ0) is 22.7. The van der Waals surface area contributed by atoms with Crippen molar-refractivity contribution >= 4 is 0 Å². The molecule has 0 bridgehead atoms. The number of ether oxygens (including phenoxy) is 6. The second kappa shape index (κ2) is 17.2. The van der Waals surface area contributed by atoms with Crippen LogP contribution in [0.1, 0.15) is 11.1 Å². The Labute approximate surface area is 192 Å². The molecule has 0 aromatic heterocycles. The van der Waals surface area contributed by atoms with Gasteiger partial charge in [0.15, 0.2) is 0 Å². The zero-order valence-corrected chi connectivity index (χ0v) is 19.3. The fourth-order valence-electron chi connectivity index (χ4n) is 2.58. The minimum absolute atomic E-state index is 0.532. The van der Waals surface area contributed by atoms with Crippen LogP contribution in [0.5, 0.6) is 11.5 Å². The van der Waals surface area contributed by atoms with Crippen molar-refractivity contribution in [2.75, 3.05) is 66.1 Å². The summed E-state index contributed by atoms with van der Waals surface area (Å²) in [7, 11) is 0. The third-order valence-corrected chi connectivity index (χ3v) is 4.37. The molecule has 0 atom stereocenters. The van der Waals surface area contributed by atoms with Crippen LogP contribution in [-0.4, -0.2) is 66.1 Å². The van der Waals surface area contributed by atoms with Crippen LogP contribution in [0, 0.1) is 13.8 Å². The molecule has 0 aliphatic rings. The van der Waals surface area contributed by atoms with Gasteiger partial charge in [0.1, 0.15) is 24.7 Å². The van der Waals surface area contributed by atoms with E-state index in [-0.39, 0.29) is 0 Å². The quantitative estimate of drug-likeness (QED) is 0.251. The first kappa shape index (κ1) is 25.9. The second-order valence-corrected chi connectivity index (χ2v) is 7.17. The Kier molecular flexibility index (Phi) is 13.9. The van der Waals surface area contributed by atoms with E-state index >= 15 is 0 Å². The van der Waals surface area contributed by atoms with Gasteiger partial charge in [0, 0.05) is 0 Å². The summed E-state index contributed by atoms with van der Waals surface area (Å²) in [6.45, 7) is 9.53. The normalized spacial score (nSPS) is 11.2. The monoisotopic (exact) mass is 444 g/mol. The highest BCUT2D eigenvalue weighted by atomic mass is 16.5. The molecule has 0 saturated carbocycles. The molecule has 32 heavy (non-hydrogen) atoms. The van der Waals surface area contributed by atoms with Gasteiger partial charge in [-0.1, -0.05) is 47.5 Å². The van der Waals surface area contributed by atoms with E-state index in [9.17, 15) is 0 Å². The van der Waals surface area contributed by atoms with Gasteiger partial charge < -0.3 is 28.4 Å². The van der Waals surface area contributed by atoms with E-state index in [1.807, 2.05) is 60.7 Å². The van der Waals surface area contributed by atoms with Gasteiger partial charge in [-0.3, -0.25) is 0 Å². The molecule has 0 spiro atoms. The maximum absolute atomic E-state index is 5.60. The molecule has 2 aromatic carbocycles. The molecule has 0 saturated heterocycles. The SMILES string of the molecule is Cc1ccc(OCCOCCOC/C=C\COCCOCCOc2ccc(C)cc2)cc1. The van der Waals surface area contributed by atoms with Crippen molar-refractivity contribution in [1.82, 2.24) is 0 Å². The van der Waals surface area contributed by atoms with E-state index in [2.05, 4.69) is 13.8 Å². The van der Waals surface area contributed by atoms with Crippen molar-refractivity contribution in [3.8, 4) is 11.5 Å². The molecule has 0 fully saturated rings. The highest BCUT2D eigenvalue weighted by molar-refractivity contribution is 5.26. The summed E-state index contributed by atoms with van der Waals surface area (Å²) in [5, 5.41) is 0. The van der Waals surface area contributed by atoms with Gasteiger partial charge in [0.2, 0.25) is 0 Å². The van der Waals surface area contributed by atoms with Gasteiger partial charge in [0.25, 0.3) is 0 Å². The van der Waals surface area contributed by atoms with E-state index in [1.54, 1.807) is 0 Å². The molecule has 0 amide bonds. The summed E-state index contributed by atoms with van der Waals surface area (Å²) in [6, 6.07) is 16.0. The largest absolute Gasteiger partial charge is 0.491 e. The number of hydrogen-bond donors (Lipinski definition) is 0. The molecule has 0 unspecified atom stereocenters. The first-order chi connectivity index (χ1) is 15.7. The Hall–Kier alpha value is -2.38. The average Bonchev–Trinajstić information content (AvgIpc) is 2.80. The van der Waals surface area contributed by atoms with Crippen LogP contribution in [0.15, 0.2) is 60.7 Å². The molecule has 6 heteroatoms. The highest BCUT2D eigenvalue weighted by Gasteiger charge is 1.95. The fourth-order valence-corrected chi connectivity index (χ4v) is 2.58. The summed E-state index contributed by atoms with van der Waals surface area (Å²) in [5.74, 6) is 1.72. The van der Waals surface area contributed by atoms with Gasteiger partial charge in [-0.05, 0) is 38.1 Å².